The van der Waals surface area contributed by atoms with E-state index in [0.717, 1.165) is 0 Å². The molecular weight excluding hydrogens is 310 g/mol. The quantitative estimate of drug-likeness (QED) is 0.875. The number of carboxylic acids is 1. The summed E-state index contributed by atoms with van der Waals surface area (Å²) in [5.41, 5.74) is 0.0261. The lowest BCUT2D eigenvalue weighted by molar-refractivity contribution is -0.127. The lowest BCUT2D eigenvalue weighted by atomic mass is 10.2. The molecule has 8 heteroatoms. The second-order valence-electron chi connectivity index (χ2n) is 6.11. The zero-order valence-electron chi connectivity index (χ0n) is 13.3. The van der Waals surface area contributed by atoms with E-state index in [0.29, 0.717) is 5.76 Å². The molecule has 1 amide bonds. The number of amides is 1. The van der Waals surface area contributed by atoms with E-state index in [1.165, 1.54) is 45.7 Å². The number of hydrogen-bond acceptors (Lipinski definition) is 5. The molecular formula is C14H21NO6S. The van der Waals surface area contributed by atoms with Crippen LogP contribution in [0, 0.1) is 6.92 Å². The second kappa shape index (κ2) is 6.12. The molecule has 1 N–H and O–H groups in total. The highest BCUT2D eigenvalue weighted by Gasteiger charge is 2.32. The molecule has 1 rings (SSSR count). The minimum atomic E-state index is -3.57. The first kappa shape index (κ1) is 18.2. The molecule has 1 heterocycles. The van der Waals surface area contributed by atoms with E-state index in [9.17, 15) is 18.0 Å². The van der Waals surface area contributed by atoms with Crippen molar-refractivity contribution in [2.24, 2.45) is 0 Å². The van der Waals surface area contributed by atoms with Gasteiger partial charge >= 0.3 is 5.97 Å². The molecule has 1 aromatic rings. The number of nitrogens with zero attached hydrogens (tertiary/aromatic N) is 1. The van der Waals surface area contributed by atoms with Crippen molar-refractivity contribution in [3.63, 3.8) is 0 Å². The Labute approximate surface area is 129 Å². The Bertz CT molecular complexity index is 681. The summed E-state index contributed by atoms with van der Waals surface area (Å²) in [4.78, 5) is 24.2. The van der Waals surface area contributed by atoms with Crippen LogP contribution >= 0.6 is 0 Å². The van der Waals surface area contributed by atoms with Gasteiger partial charge in [0.1, 0.15) is 22.8 Å². The maximum Gasteiger partial charge on any atom is 0.339 e. The zero-order valence-corrected chi connectivity index (χ0v) is 14.2. The van der Waals surface area contributed by atoms with Crippen LogP contribution in [0.2, 0.25) is 0 Å². The van der Waals surface area contributed by atoms with Gasteiger partial charge in [0.25, 0.3) is 0 Å². The standard InChI is InChI=1S/C14H21NO6S/c1-9-11(13(17)18)6-10(21-9)7-15(5)12(16)8-22(19,20)14(2,3)4/h6H,7-8H2,1-5H3,(H,17,18). The third kappa shape index (κ3) is 4.09. The summed E-state index contributed by atoms with van der Waals surface area (Å²) in [5, 5.41) is 8.94. The first-order chi connectivity index (χ1) is 9.85. The number of hydrogen-bond donors (Lipinski definition) is 1. The van der Waals surface area contributed by atoms with E-state index in [1.807, 2.05) is 0 Å². The summed E-state index contributed by atoms with van der Waals surface area (Å²) in [6.07, 6.45) is 0. The smallest absolute Gasteiger partial charge is 0.339 e. The Morgan fingerprint density at radius 1 is 1.32 bits per heavy atom. The zero-order chi connectivity index (χ0) is 17.3. The maximum atomic E-state index is 12.0. The van der Waals surface area contributed by atoms with E-state index in [-0.39, 0.29) is 17.9 Å². The molecule has 1 aromatic heterocycles. The summed E-state index contributed by atoms with van der Waals surface area (Å²) >= 11 is 0. The van der Waals surface area contributed by atoms with Crippen LogP contribution in [-0.4, -0.2) is 47.8 Å². The van der Waals surface area contributed by atoms with Gasteiger partial charge < -0.3 is 14.4 Å². The van der Waals surface area contributed by atoms with Gasteiger partial charge in [-0.2, -0.15) is 0 Å². The molecule has 0 saturated heterocycles. The second-order valence-corrected chi connectivity index (χ2v) is 8.85. The number of furan rings is 1. The molecule has 0 radical (unpaired) electrons. The summed E-state index contributed by atoms with van der Waals surface area (Å²) in [7, 11) is -2.12. The first-order valence-corrected chi connectivity index (χ1v) is 8.29. The molecule has 0 spiro atoms. The number of aryl methyl sites for hydroxylation is 1. The lowest BCUT2D eigenvalue weighted by Gasteiger charge is -2.21. The Morgan fingerprint density at radius 2 is 1.86 bits per heavy atom. The van der Waals surface area contributed by atoms with Crippen molar-refractivity contribution < 1.29 is 27.5 Å². The predicted molar refractivity (Wildman–Crippen MR) is 80.4 cm³/mol. The van der Waals surface area contributed by atoms with Gasteiger partial charge in [0.2, 0.25) is 5.91 Å². The van der Waals surface area contributed by atoms with Gasteiger partial charge in [-0.1, -0.05) is 0 Å². The van der Waals surface area contributed by atoms with Gasteiger partial charge in [-0.3, -0.25) is 4.79 Å². The fourth-order valence-corrected chi connectivity index (χ4v) is 2.62. The van der Waals surface area contributed by atoms with Crippen molar-refractivity contribution >= 4 is 21.7 Å². The van der Waals surface area contributed by atoms with Gasteiger partial charge in [0.15, 0.2) is 9.84 Å². The van der Waals surface area contributed by atoms with Crippen LogP contribution in [0.4, 0.5) is 0 Å². The van der Waals surface area contributed by atoms with Crippen molar-refractivity contribution in [2.45, 2.75) is 39.0 Å². The van der Waals surface area contributed by atoms with Crippen LogP contribution in [0.25, 0.3) is 0 Å². The third-order valence-electron chi connectivity index (χ3n) is 3.26. The van der Waals surface area contributed by atoms with Crippen molar-refractivity contribution in [3.05, 3.63) is 23.2 Å². The average molecular weight is 331 g/mol. The van der Waals surface area contributed by atoms with Crippen molar-refractivity contribution in [1.82, 2.24) is 4.90 Å². The minimum absolute atomic E-state index is 0.00656. The van der Waals surface area contributed by atoms with Crippen LogP contribution in [0.1, 0.15) is 42.6 Å². The van der Waals surface area contributed by atoms with E-state index in [4.69, 9.17) is 9.52 Å². The van der Waals surface area contributed by atoms with Gasteiger partial charge in [-0.05, 0) is 33.8 Å². The molecule has 124 valence electrons. The van der Waals surface area contributed by atoms with Crippen molar-refractivity contribution in [2.75, 3.05) is 12.8 Å². The van der Waals surface area contributed by atoms with Crippen LogP contribution in [-0.2, 0) is 21.2 Å². The maximum absolute atomic E-state index is 12.0. The van der Waals surface area contributed by atoms with Gasteiger partial charge in [-0.15, -0.1) is 0 Å². The molecule has 0 bridgehead atoms. The van der Waals surface area contributed by atoms with Crippen molar-refractivity contribution in [1.29, 1.82) is 0 Å². The predicted octanol–water partition coefficient (Wildman–Crippen LogP) is 1.46. The van der Waals surface area contributed by atoms with Crippen LogP contribution in [0.3, 0.4) is 0 Å². The molecule has 22 heavy (non-hydrogen) atoms. The van der Waals surface area contributed by atoms with Gasteiger partial charge in [0, 0.05) is 7.05 Å². The largest absolute Gasteiger partial charge is 0.478 e. The van der Waals surface area contributed by atoms with E-state index in [1.54, 1.807) is 0 Å². The van der Waals surface area contributed by atoms with Crippen LogP contribution < -0.4 is 0 Å². The normalized spacial score (nSPS) is 12.2. The lowest BCUT2D eigenvalue weighted by Crippen LogP contribution is -2.39. The van der Waals surface area contributed by atoms with Crippen LogP contribution in [0.5, 0.6) is 0 Å². The van der Waals surface area contributed by atoms with E-state index < -0.39 is 32.2 Å². The molecule has 0 saturated carbocycles. The highest BCUT2D eigenvalue weighted by Crippen LogP contribution is 2.18. The molecule has 0 aliphatic heterocycles. The summed E-state index contributed by atoms with van der Waals surface area (Å²) < 4.78 is 28.3. The number of carboxylic acid groups (broad SMARTS) is 1. The van der Waals surface area contributed by atoms with Crippen molar-refractivity contribution in [3.8, 4) is 0 Å². The molecule has 0 aromatic carbocycles. The van der Waals surface area contributed by atoms with Gasteiger partial charge in [-0.25, -0.2) is 13.2 Å². The highest BCUT2D eigenvalue weighted by molar-refractivity contribution is 7.93. The number of aromatic carboxylic acids is 1. The van der Waals surface area contributed by atoms with E-state index in [2.05, 4.69) is 0 Å². The Balaban J connectivity index is 2.81. The number of carbonyl (C=O) groups is 2. The molecule has 0 fully saturated rings. The topological polar surface area (TPSA) is 105 Å². The number of carbonyl (C=O) groups excluding carboxylic acids is 1. The summed E-state index contributed by atoms with van der Waals surface area (Å²) in [6, 6.07) is 1.33. The van der Waals surface area contributed by atoms with Crippen LogP contribution in [0.15, 0.2) is 10.5 Å². The highest BCUT2D eigenvalue weighted by atomic mass is 32.2. The van der Waals surface area contributed by atoms with E-state index >= 15 is 0 Å². The Morgan fingerprint density at radius 3 is 2.27 bits per heavy atom. The van der Waals surface area contributed by atoms with Gasteiger partial charge in [0.05, 0.1) is 11.3 Å². The fraction of sp³-hybridized carbons (Fsp3) is 0.571. The summed E-state index contributed by atoms with van der Waals surface area (Å²) in [6.45, 7) is 6.12. The molecule has 0 atom stereocenters. The molecule has 0 unspecified atom stereocenters. The number of sulfone groups is 1. The molecule has 0 aliphatic rings. The first-order valence-electron chi connectivity index (χ1n) is 6.64. The summed E-state index contributed by atoms with van der Waals surface area (Å²) in [5.74, 6) is -1.75. The SMILES string of the molecule is Cc1oc(CN(C)C(=O)CS(=O)(=O)C(C)(C)C)cc1C(=O)O. The third-order valence-corrected chi connectivity index (χ3v) is 5.76. The Kier molecular flexibility index (Phi) is 5.06. The Hall–Kier alpha value is -1.83. The molecule has 7 nitrogen and oxygen atoms in total. The average Bonchev–Trinajstić information content (AvgIpc) is 2.68. The molecule has 0 aliphatic carbocycles. The number of rotatable bonds is 5. The fourth-order valence-electron chi connectivity index (χ4n) is 1.65. The minimum Gasteiger partial charge on any atom is -0.478 e. The monoisotopic (exact) mass is 331 g/mol.